The molecule has 0 amide bonds. The lowest BCUT2D eigenvalue weighted by atomic mass is 10.0. The van der Waals surface area contributed by atoms with Crippen molar-refractivity contribution >= 4 is 17.9 Å². The Bertz CT molecular complexity index is 1460. The molecule has 0 aliphatic rings. The molecule has 0 heterocycles. The van der Waals surface area contributed by atoms with Gasteiger partial charge in [-0.1, -0.05) is 259 Å². The van der Waals surface area contributed by atoms with Crippen molar-refractivity contribution in [2.24, 2.45) is 0 Å². The zero-order chi connectivity index (χ0) is 53.6. The molecule has 0 aromatic heterocycles. The second-order valence-corrected chi connectivity index (χ2v) is 20.6. The minimum absolute atomic E-state index is 0.0857. The summed E-state index contributed by atoms with van der Waals surface area (Å²) in [4.78, 5) is 38.3. The number of ether oxygens (including phenoxy) is 3. The van der Waals surface area contributed by atoms with Gasteiger partial charge in [0.05, 0.1) is 0 Å². The third-order valence-electron chi connectivity index (χ3n) is 13.3. The average molecular weight is 1030 g/mol. The van der Waals surface area contributed by atoms with Gasteiger partial charge in [-0.25, -0.2) is 0 Å². The van der Waals surface area contributed by atoms with Gasteiger partial charge in [-0.3, -0.25) is 14.4 Å². The number of carbonyl (C=O) groups excluding carboxylic acids is 3. The Labute approximate surface area is 457 Å². The first kappa shape index (κ1) is 70.3. The molecule has 424 valence electrons. The number of hydrogen-bond donors (Lipinski definition) is 0. The van der Waals surface area contributed by atoms with E-state index in [1.165, 1.54) is 128 Å². The normalized spacial score (nSPS) is 12.7. The van der Waals surface area contributed by atoms with Gasteiger partial charge in [0.1, 0.15) is 13.2 Å². The van der Waals surface area contributed by atoms with E-state index in [0.717, 1.165) is 128 Å². The molecule has 0 bridgehead atoms. The van der Waals surface area contributed by atoms with Crippen LogP contribution in [0, 0.1) is 0 Å². The number of hydrogen-bond acceptors (Lipinski definition) is 6. The minimum Gasteiger partial charge on any atom is -0.462 e. The molecule has 0 aliphatic carbocycles. The Kier molecular flexibility index (Phi) is 58.8. The van der Waals surface area contributed by atoms with E-state index >= 15 is 0 Å². The summed E-state index contributed by atoms with van der Waals surface area (Å²) in [5, 5.41) is 0. The molecular weight excluding hydrogens is 913 g/mol. The van der Waals surface area contributed by atoms with E-state index in [2.05, 4.69) is 118 Å². The molecule has 6 nitrogen and oxygen atoms in total. The second kappa shape index (κ2) is 61.9. The zero-order valence-electron chi connectivity index (χ0n) is 48.6. The first-order valence-electron chi connectivity index (χ1n) is 31.2. The molecule has 0 aromatic carbocycles. The fraction of sp³-hybridized carbons (Fsp3) is 0.721. The molecule has 6 heteroatoms. The highest BCUT2D eigenvalue weighted by molar-refractivity contribution is 5.71. The van der Waals surface area contributed by atoms with Crippen LogP contribution in [0.15, 0.2) is 97.2 Å². The molecule has 1 unspecified atom stereocenters. The van der Waals surface area contributed by atoms with Crippen molar-refractivity contribution in [1.29, 1.82) is 0 Å². The third kappa shape index (κ3) is 59.2. The Morgan fingerprint density at radius 3 is 0.878 bits per heavy atom. The van der Waals surface area contributed by atoms with Gasteiger partial charge in [-0.05, 0) is 116 Å². The largest absolute Gasteiger partial charge is 0.462 e. The molecule has 0 rings (SSSR count). The van der Waals surface area contributed by atoms with E-state index in [0.29, 0.717) is 19.3 Å². The molecule has 0 saturated carbocycles. The summed E-state index contributed by atoms with van der Waals surface area (Å²) < 4.78 is 16.9. The lowest BCUT2D eigenvalue weighted by molar-refractivity contribution is -0.167. The van der Waals surface area contributed by atoms with Crippen molar-refractivity contribution in [1.82, 2.24) is 0 Å². The van der Waals surface area contributed by atoms with E-state index in [9.17, 15) is 14.4 Å². The summed E-state index contributed by atoms with van der Waals surface area (Å²) in [7, 11) is 0. The lowest BCUT2D eigenvalue weighted by Crippen LogP contribution is -2.30. The number of allylic oxidation sites excluding steroid dienone is 16. The summed E-state index contributed by atoms with van der Waals surface area (Å²) in [5.41, 5.74) is 0. The summed E-state index contributed by atoms with van der Waals surface area (Å²) in [6, 6.07) is 0. The van der Waals surface area contributed by atoms with Gasteiger partial charge in [0.15, 0.2) is 6.10 Å². The van der Waals surface area contributed by atoms with Gasteiger partial charge in [-0.2, -0.15) is 0 Å². The Morgan fingerprint density at radius 2 is 0.554 bits per heavy atom. The van der Waals surface area contributed by atoms with Gasteiger partial charge in [0.25, 0.3) is 0 Å². The summed E-state index contributed by atoms with van der Waals surface area (Å²) in [6.07, 6.45) is 82.6. The van der Waals surface area contributed by atoms with Crippen molar-refractivity contribution in [2.75, 3.05) is 13.2 Å². The minimum atomic E-state index is -0.790. The van der Waals surface area contributed by atoms with E-state index in [-0.39, 0.29) is 31.1 Å². The molecule has 0 saturated heterocycles. The molecular formula is C68H116O6. The van der Waals surface area contributed by atoms with Gasteiger partial charge in [0, 0.05) is 19.3 Å². The van der Waals surface area contributed by atoms with Gasteiger partial charge in [-0.15, -0.1) is 0 Å². The number of carbonyl (C=O) groups is 3. The molecule has 0 N–H and O–H groups in total. The smallest absolute Gasteiger partial charge is 0.306 e. The van der Waals surface area contributed by atoms with Crippen LogP contribution in [-0.4, -0.2) is 37.2 Å². The monoisotopic (exact) mass is 1030 g/mol. The van der Waals surface area contributed by atoms with E-state index < -0.39 is 6.10 Å². The SMILES string of the molecule is CC/C=C\C/C=C\C/C=C\C/C=C\CCCCCCCCCCCCCCC(=O)OCC(COC(=O)CCCCCCC/C=C\C/C=C\CCC)OC(=O)CCCCCCCCC/C=C\C/C=C\CCCCCC. The van der Waals surface area contributed by atoms with Crippen molar-refractivity contribution < 1.29 is 28.6 Å². The fourth-order valence-electron chi connectivity index (χ4n) is 8.62. The highest BCUT2D eigenvalue weighted by Crippen LogP contribution is 2.16. The first-order valence-corrected chi connectivity index (χ1v) is 31.2. The Morgan fingerprint density at radius 1 is 0.284 bits per heavy atom. The standard InChI is InChI=1S/C68H116O6/c1-4-7-10-13-16-19-22-25-27-29-31-32-33-34-35-36-37-39-40-43-46-49-52-55-58-61-67(70)73-64-65(63-72-66(69)60-57-54-51-48-45-42-24-21-18-15-12-9-6-3)74-68(71)62-59-56-53-50-47-44-41-38-30-28-26-23-20-17-14-11-8-5-2/h7,10,12,15-16,19-21,23-25,27-28,30-32,65H,4-6,8-9,11,13-14,17-18,22,26,29,33-64H2,1-3H3/b10-7-,15-12-,19-16-,23-20-,24-21-,27-25-,30-28-,32-31-. The predicted molar refractivity (Wildman–Crippen MR) is 320 cm³/mol. The van der Waals surface area contributed by atoms with Crippen LogP contribution in [0.3, 0.4) is 0 Å². The van der Waals surface area contributed by atoms with Crippen LogP contribution in [-0.2, 0) is 28.6 Å². The van der Waals surface area contributed by atoms with Crippen molar-refractivity contribution in [3.63, 3.8) is 0 Å². The molecule has 1 atom stereocenters. The van der Waals surface area contributed by atoms with E-state index in [1.807, 2.05) is 0 Å². The van der Waals surface area contributed by atoms with Crippen molar-refractivity contribution in [3.8, 4) is 0 Å². The molecule has 0 aromatic rings. The number of rotatable bonds is 56. The highest BCUT2D eigenvalue weighted by Gasteiger charge is 2.19. The third-order valence-corrected chi connectivity index (χ3v) is 13.3. The predicted octanol–water partition coefficient (Wildman–Crippen LogP) is 21.3. The van der Waals surface area contributed by atoms with Gasteiger partial charge < -0.3 is 14.2 Å². The van der Waals surface area contributed by atoms with Crippen LogP contribution >= 0.6 is 0 Å². The van der Waals surface area contributed by atoms with E-state index in [4.69, 9.17) is 14.2 Å². The Balaban J connectivity index is 4.33. The molecule has 0 radical (unpaired) electrons. The van der Waals surface area contributed by atoms with Crippen LogP contribution in [0.2, 0.25) is 0 Å². The maximum absolute atomic E-state index is 12.9. The van der Waals surface area contributed by atoms with Crippen LogP contribution in [0.1, 0.15) is 297 Å². The maximum atomic E-state index is 12.9. The summed E-state index contributed by atoms with van der Waals surface area (Å²) in [5.74, 6) is -0.902. The van der Waals surface area contributed by atoms with Crippen molar-refractivity contribution in [2.45, 2.75) is 303 Å². The maximum Gasteiger partial charge on any atom is 0.306 e. The lowest BCUT2D eigenvalue weighted by Gasteiger charge is -2.18. The van der Waals surface area contributed by atoms with Gasteiger partial charge >= 0.3 is 17.9 Å². The van der Waals surface area contributed by atoms with Crippen LogP contribution < -0.4 is 0 Å². The number of unbranched alkanes of at least 4 members (excludes halogenated alkanes) is 29. The molecule has 0 spiro atoms. The summed E-state index contributed by atoms with van der Waals surface area (Å²) in [6.45, 7) is 6.45. The van der Waals surface area contributed by atoms with Crippen molar-refractivity contribution in [3.05, 3.63) is 97.2 Å². The second-order valence-electron chi connectivity index (χ2n) is 20.6. The summed E-state index contributed by atoms with van der Waals surface area (Å²) >= 11 is 0. The van der Waals surface area contributed by atoms with Crippen LogP contribution in [0.25, 0.3) is 0 Å². The van der Waals surface area contributed by atoms with E-state index in [1.54, 1.807) is 0 Å². The quantitative estimate of drug-likeness (QED) is 0.0261. The molecule has 0 aliphatic heterocycles. The van der Waals surface area contributed by atoms with Gasteiger partial charge in [0.2, 0.25) is 0 Å². The Hall–Kier alpha value is -3.67. The molecule has 0 fully saturated rings. The topological polar surface area (TPSA) is 78.9 Å². The zero-order valence-corrected chi connectivity index (χ0v) is 48.6. The van der Waals surface area contributed by atoms with Crippen LogP contribution in [0.5, 0.6) is 0 Å². The average Bonchev–Trinajstić information content (AvgIpc) is 3.40. The highest BCUT2D eigenvalue weighted by atomic mass is 16.6. The fourth-order valence-corrected chi connectivity index (χ4v) is 8.62. The molecule has 74 heavy (non-hydrogen) atoms. The van der Waals surface area contributed by atoms with Crippen LogP contribution in [0.4, 0.5) is 0 Å². The number of esters is 3. The first-order chi connectivity index (χ1) is 36.5.